The summed E-state index contributed by atoms with van der Waals surface area (Å²) in [6.07, 6.45) is 7.48. The molecule has 0 radical (unpaired) electrons. The Morgan fingerprint density at radius 1 is 1.36 bits per heavy atom. The van der Waals surface area contributed by atoms with Gasteiger partial charge in [-0.05, 0) is 32.6 Å². The Bertz CT molecular complexity index is 226. The molecule has 0 saturated heterocycles. The van der Waals surface area contributed by atoms with Crippen LogP contribution in [0.3, 0.4) is 0 Å². The molecular formula is C10H20N4. The van der Waals surface area contributed by atoms with E-state index in [1.807, 2.05) is 0 Å². The Morgan fingerprint density at radius 3 is 2.50 bits per heavy atom. The fraction of sp³-hybridized carbons (Fsp3) is 0.900. The number of hydrogen-bond donors (Lipinski definition) is 3. The van der Waals surface area contributed by atoms with Crippen molar-refractivity contribution in [2.24, 2.45) is 10.8 Å². The van der Waals surface area contributed by atoms with Crippen molar-refractivity contribution in [3.05, 3.63) is 0 Å². The van der Waals surface area contributed by atoms with E-state index in [0.717, 1.165) is 5.96 Å². The summed E-state index contributed by atoms with van der Waals surface area (Å²) in [5.41, 5.74) is 2.92. The van der Waals surface area contributed by atoms with Gasteiger partial charge in [0.25, 0.3) is 0 Å². The van der Waals surface area contributed by atoms with E-state index in [9.17, 15) is 0 Å². The molecule has 2 saturated carbocycles. The topological polar surface area (TPSA) is 62.4 Å². The van der Waals surface area contributed by atoms with Crippen LogP contribution in [-0.2, 0) is 0 Å². The van der Waals surface area contributed by atoms with Crippen LogP contribution in [0, 0.1) is 0 Å². The first-order valence-electron chi connectivity index (χ1n) is 5.54. The molecule has 0 amide bonds. The number of rotatable bonds is 2. The molecule has 2 aliphatic carbocycles. The van der Waals surface area contributed by atoms with Gasteiger partial charge in [-0.2, -0.15) is 0 Å². The maximum absolute atomic E-state index is 5.44. The highest BCUT2D eigenvalue weighted by molar-refractivity contribution is 5.80. The third-order valence-electron chi connectivity index (χ3n) is 3.19. The van der Waals surface area contributed by atoms with Crippen molar-refractivity contribution < 1.29 is 0 Å². The van der Waals surface area contributed by atoms with Gasteiger partial charge in [-0.25, -0.2) is 10.8 Å². The molecular weight excluding hydrogens is 176 g/mol. The van der Waals surface area contributed by atoms with Crippen molar-refractivity contribution in [1.82, 2.24) is 10.7 Å². The minimum absolute atomic E-state index is 0.254. The molecule has 0 bridgehead atoms. The largest absolute Gasteiger partial charge is 0.350 e. The Hall–Kier alpha value is -0.770. The Kier molecular flexibility index (Phi) is 2.63. The molecule has 4 heteroatoms. The van der Waals surface area contributed by atoms with Crippen LogP contribution >= 0.6 is 0 Å². The molecule has 2 aliphatic rings. The van der Waals surface area contributed by atoms with Crippen LogP contribution in [0.25, 0.3) is 0 Å². The van der Waals surface area contributed by atoms with Crippen molar-refractivity contribution >= 4 is 5.96 Å². The molecule has 0 aromatic rings. The van der Waals surface area contributed by atoms with Crippen molar-refractivity contribution in [3.8, 4) is 0 Å². The minimum Gasteiger partial charge on any atom is -0.350 e. The second-order valence-electron chi connectivity index (χ2n) is 4.75. The summed E-state index contributed by atoms with van der Waals surface area (Å²) in [5, 5.41) is 3.36. The molecule has 2 fully saturated rings. The molecule has 4 N–H and O–H groups in total. The molecule has 0 heterocycles. The zero-order valence-electron chi connectivity index (χ0n) is 8.84. The Morgan fingerprint density at radius 2 is 2.00 bits per heavy atom. The van der Waals surface area contributed by atoms with Gasteiger partial charge in [-0.1, -0.05) is 12.8 Å². The monoisotopic (exact) mass is 196 g/mol. The molecule has 0 spiro atoms. The van der Waals surface area contributed by atoms with Gasteiger partial charge < -0.3 is 5.32 Å². The van der Waals surface area contributed by atoms with Gasteiger partial charge in [0.1, 0.15) is 0 Å². The first-order valence-corrected chi connectivity index (χ1v) is 5.54. The average molecular weight is 196 g/mol. The highest BCUT2D eigenvalue weighted by Gasteiger charge is 2.38. The van der Waals surface area contributed by atoms with Crippen molar-refractivity contribution in [2.45, 2.75) is 57.0 Å². The lowest BCUT2D eigenvalue weighted by Gasteiger charge is -2.16. The van der Waals surface area contributed by atoms with Gasteiger partial charge >= 0.3 is 0 Å². The summed E-state index contributed by atoms with van der Waals surface area (Å²) in [7, 11) is 0. The number of aliphatic imine (C=N–C) groups is 1. The second-order valence-corrected chi connectivity index (χ2v) is 4.75. The van der Waals surface area contributed by atoms with Crippen molar-refractivity contribution in [2.75, 3.05) is 0 Å². The highest BCUT2D eigenvalue weighted by Crippen LogP contribution is 2.34. The molecule has 4 nitrogen and oxygen atoms in total. The molecule has 0 unspecified atom stereocenters. The lowest BCUT2D eigenvalue weighted by atomic mass is 10.3. The molecule has 2 rings (SSSR count). The van der Waals surface area contributed by atoms with Crippen LogP contribution < -0.4 is 16.6 Å². The van der Waals surface area contributed by atoms with Gasteiger partial charge in [0.15, 0.2) is 0 Å². The molecule has 0 aliphatic heterocycles. The van der Waals surface area contributed by atoms with Crippen LogP contribution in [-0.4, -0.2) is 17.5 Å². The van der Waals surface area contributed by atoms with Crippen molar-refractivity contribution in [3.63, 3.8) is 0 Å². The first-order chi connectivity index (χ1) is 6.72. The maximum atomic E-state index is 5.44. The molecule has 0 aromatic carbocycles. The Balaban J connectivity index is 1.90. The van der Waals surface area contributed by atoms with Crippen molar-refractivity contribution in [1.29, 1.82) is 0 Å². The third kappa shape index (κ3) is 2.38. The lowest BCUT2D eigenvalue weighted by molar-refractivity contribution is 0.625. The molecule has 0 aromatic heterocycles. The number of guanidine groups is 1. The fourth-order valence-electron chi connectivity index (χ4n) is 1.92. The van der Waals surface area contributed by atoms with Crippen LogP contribution in [0.5, 0.6) is 0 Å². The molecule has 80 valence electrons. The number of hydrazine groups is 1. The summed E-state index contributed by atoms with van der Waals surface area (Å²) in [6.45, 7) is 2.20. The van der Waals surface area contributed by atoms with E-state index in [-0.39, 0.29) is 5.54 Å². The van der Waals surface area contributed by atoms with Gasteiger partial charge in [0.05, 0.1) is 6.04 Å². The zero-order valence-corrected chi connectivity index (χ0v) is 8.84. The van der Waals surface area contributed by atoms with Gasteiger partial charge in [-0.3, -0.25) is 5.43 Å². The third-order valence-corrected chi connectivity index (χ3v) is 3.19. The van der Waals surface area contributed by atoms with E-state index in [0.29, 0.717) is 6.04 Å². The summed E-state index contributed by atoms with van der Waals surface area (Å²) in [4.78, 5) is 4.59. The number of nitrogens with zero attached hydrogens (tertiary/aromatic N) is 1. The summed E-state index contributed by atoms with van der Waals surface area (Å²) < 4.78 is 0. The average Bonchev–Trinajstić information content (AvgIpc) is 2.67. The first kappa shape index (κ1) is 9.77. The van der Waals surface area contributed by atoms with E-state index in [1.165, 1.54) is 38.5 Å². The van der Waals surface area contributed by atoms with Crippen LogP contribution in [0.2, 0.25) is 0 Å². The SMILES string of the molecule is CC1(NC(=NC2CCCC2)NN)CC1. The predicted octanol–water partition coefficient (Wildman–Crippen LogP) is 0.890. The zero-order chi connectivity index (χ0) is 10.0. The number of nitrogens with two attached hydrogens (primary N) is 1. The van der Waals surface area contributed by atoms with E-state index in [2.05, 4.69) is 22.7 Å². The second kappa shape index (κ2) is 3.77. The summed E-state index contributed by atoms with van der Waals surface area (Å²) in [6, 6.07) is 0.482. The van der Waals surface area contributed by atoms with Crippen LogP contribution in [0.15, 0.2) is 4.99 Å². The van der Waals surface area contributed by atoms with E-state index >= 15 is 0 Å². The minimum atomic E-state index is 0.254. The van der Waals surface area contributed by atoms with E-state index < -0.39 is 0 Å². The molecule has 0 atom stereocenters. The Labute approximate surface area is 85.3 Å². The van der Waals surface area contributed by atoms with Crippen LogP contribution in [0.1, 0.15) is 45.4 Å². The van der Waals surface area contributed by atoms with Crippen LogP contribution in [0.4, 0.5) is 0 Å². The highest BCUT2D eigenvalue weighted by atomic mass is 15.4. The van der Waals surface area contributed by atoms with Gasteiger partial charge in [0, 0.05) is 5.54 Å². The molecule has 14 heavy (non-hydrogen) atoms. The van der Waals surface area contributed by atoms with E-state index in [1.54, 1.807) is 0 Å². The lowest BCUT2D eigenvalue weighted by Crippen LogP contribution is -2.47. The quantitative estimate of drug-likeness (QED) is 0.266. The smallest absolute Gasteiger partial charge is 0.206 e. The van der Waals surface area contributed by atoms with Gasteiger partial charge in [0.2, 0.25) is 5.96 Å². The summed E-state index contributed by atoms with van der Waals surface area (Å²) >= 11 is 0. The maximum Gasteiger partial charge on any atom is 0.206 e. The predicted molar refractivity (Wildman–Crippen MR) is 57.8 cm³/mol. The normalized spacial score (nSPS) is 26.3. The van der Waals surface area contributed by atoms with Gasteiger partial charge in [-0.15, -0.1) is 0 Å². The standard InChI is InChI=1S/C10H20N4/c1-10(6-7-10)13-9(14-11)12-8-4-2-3-5-8/h8H,2-7,11H2,1H3,(H2,12,13,14). The summed E-state index contributed by atoms with van der Waals surface area (Å²) in [5.74, 6) is 6.22. The number of nitrogens with one attached hydrogen (secondary N) is 2. The van der Waals surface area contributed by atoms with E-state index in [4.69, 9.17) is 5.84 Å². The fourth-order valence-corrected chi connectivity index (χ4v) is 1.92. The number of hydrogen-bond acceptors (Lipinski definition) is 2.